The molecule has 0 saturated carbocycles. The topological polar surface area (TPSA) is 73.1 Å². The maximum atomic E-state index is 12.1. The molecule has 0 radical (unpaired) electrons. The number of halogens is 1. The molecule has 0 saturated heterocycles. The number of nitrogens with one attached hydrogen (secondary N) is 1. The van der Waals surface area contributed by atoms with E-state index in [0.717, 1.165) is 16.7 Å². The van der Waals surface area contributed by atoms with Gasteiger partial charge in [-0.1, -0.05) is 29.8 Å². The third-order valence-corrected chi connectivity index (χ3v) is 4.68. The van der Waals surface area contributed by atoms with Gasteiger partial charge in [0, 0.05) is 10.6 Å². The highest BCUT2D eigenvalue weighted by atomic mass is 35.5. The largest absolute Gasteiger partial charge is 0.493 e. The Labute approximate surface area is 174 Å². The maximum Gasteiger partial charge on any atom is 0.244 e. The summed E-state index contributed by atoms with van der Waals surface area (Å²) in [6.07, 6.45) is 1.61. The van der Waals surface area contributed by atoms with Crippen molar-refractivity contribution >= 4 is 23.7 Å². The quantitative estimate of drug-likeness (QED) is 0.454. The van der Waals surface area contributed by atoms with Crippen molar-refractivity contribution in [2.75, 3.05) is 14.2 Å². The van der Waals surface area contributed by atoms with Gasteiger partial charge in [0.25, 0.3) is 0 Å². The number of rotatable bonds is 7. The Morgan fingerprint density at radius 1 is 1.10 bits per heavy atom. The van der Waals surface area contributed by atoms with Gasteiger partial charge in [0.15, 0.2) is 11.5 Å². The lowest BCUT2D eigenvalue weighted by atomic mass is 10.1. The summed E-state index contributed by atoms with van der Waals surface area (Å²) in [4.78, 5) is 12.1. The van der Waals surface area contributed by atoms with Crippen LogP contribution in [0.3, 0.4) is 0 Å². The van der Waals surface area contributed by atoms with Gasteiger partial charge in [-0.3, -0.25) is 4.79 Å². The molecule has 0 aliphatic heterocycles. The van der Waals surface area contributed by atoms with Crippen LogP contribution in [-0.4, -0.2) is 26.3 Å². The molecule has 3 aromatic rings. The minimum atomic E-state index is -0.259. The fourth-order valence-corrected chi connectivity index (χ4v) is 2.89. The molecule has 0 aliphatic carbocycles. The fraction of sp³-hybridized carbons (Fsp3) is 0.182. The number of ether oxygens (including phenoxy) is 2. The molecule has 0 bridgehead atoms. The third kappa shape index (κ3) is 5.18. The highest BCUT2D eigenvalue weighted by Crippen LogP contribution is 2.28. The number of amides is 1. The van der Waals surface area contributed by atoms with Crippen LogP contribution in [0, 0.1) is 6.92 Å². The van der Waals surface area contributed by atoms with E-state index < -0.39 is 0 Å². The van der Waals surface area contributed by atoms with Crippen molar-refractivity contribution in [1.29, 1.82) is 0 Å². The predicted molar refractivity (Wildman–Crippen MR) is 113 cm³/mol. The Balaban J connectivity index is 1.59. The van der Waals surface area contributed by atoms with Gasteiger partial charge in [0.1, 0.15) is 11.5 Å². The number of carbonyl (C=O) groups is 1. The number of nitrogens with zero attached hydrogens (tertiary/aromatic N) is 1. The normalized spacial score (nSPS) is 10.9. The number of furan rings is 1. The van der Waals surface area contributed by atoms with Gasteiger partial charge in [0.05, 0.1) is 26.9 Å². The van der Waals surface area contributed by atoms with Crippen molar-refractivity contribution in [3.63, 3.8) is 0 Å². The van der Waals surface area contributed by atoms with Crippen molar-refractivity contribution in [3.8, 4) is 22.8 Å². The molecule has 1 amide bonds. The van der Waals surface area contributed by atoms with Crippen molar-refractivity contribution in [3.05, 3.63) is 70.4 Å². The summed E-state index contributed by atoms with van der Waals surface area (Å²) in [5.74, 6) is 2.11. The lowest BCUT2D eigenvalue weighted by Crippen LogP contribution is -2.19. The van der Waals surface area contributed by atoms with Crippen LogP contribution >= 0.6 is 11.6 Å². The molecule has 29 heavy (non-hydrogen) atoms. The molecule has 0 aliphatic rings. The van der Waals surface area contributed by atoms with E-state index in [9.17, 15) is 4.79 Å². The van der Waals surface area contributed by atoms with E-state index in [0.29, 0.717) is 28.0 Å². The second-order valence-corrected chi connectivity index (χ2v) is 6.73. The van der Waals surface area contributed by atoms with Crippen LogP contribution < -0.4 is 14.9 Å². The standard InChI is InChI=1S/C22H21ClN2O4/c1-14-4-6-16(12-18(14)23)19-9-7-17(29-19)13-24-25-22(26)11-15-5-8-20(27-2)21(10-15)28-3/h4-10,12-13H,11H2,1-3H3,(H,25,26)/b24-13+. The zero-order valence-corrected chi connectivity index (χ0v) is 17.1. The number of methoxy groups -OCH3 is 2. The predicted octanol–water partition coefficient (Wildman–Crippen LogP) is 4.62. The van der Waals surface area contributed by atoms with E-state index in [1.807, 2.05) is 31.2 Å². The van der Waals surface area contributed by atoms with Gasteiger partial charge in [-0.25, -0.2) is 5.43 Å². The van der Waals surface area contributed by atoms with E-state index in [1.165, 1.54) is 6.21 Å². The lowest BCUT2D eigenvalue weighted by Gasteiger charge is -2.09. The number of carbonyl (C=O) groups excluding carboxylic acids is 1. The molecule has 0 spiro atoms. The number of hydrogen-bond donors (Lipinski definition) is 1. The van der Waals surface area contributed by atoms with Gasteiger partial charge >= 0.3 is 0 Å². The summed E-state index contributed by atoms with van der Waals surface area (Å²) < 4.78 is 16.2. The van der Waals surface area contributed by atoms with Crippen LogP contribution in [0.2, 0.25) is 5.02 Å². The Morgan fingerprint density at radius 2 is 1.90 bits per heavy atom. The van der Waals surface area contributed by atoms with Crippen molar-refractivity contribution in [2.45, 2.75) is 13.3 Å². The van der Waals surface area contributed by atoms with E-state index in [1.54, 1.807) is 38.5 Å². The zero-order chi connectivity index (χ0) is 20.8. The number of hydrogen-bond acceptors (Lipinski definition) is 5. The van der Waals surface area contributed by atoms with Gasteiger partial charge < -0.3 is 13.9 Å². The molecule has 1 N–H and O–H groups in total. The molecule has 7 heteroatoms. The molecule has 1 heterocycles. The van der Waals surface area contributed by atoms with E-state index >= 15 is 0 Å². The zero-order valence-electron chi connectivity index (χ0n) is 16.4. The SMILES string of the molecule is COc1ccc(CC(=O)N/N=C/c2ccc(-c3ccc(C)c(Cl)c3)o2)cc1OC. The average molecular weight is 413 g/mol. The van der Waals surface area contributed by atoms with Gasteiger partial charge in [-0.2, -0.15) is 5.10 Å². The van der Waals surface area contributed by atoms with Crippen LogP contribution in [0.15, 0.2) is 58.0 Å². The van der Waals surface area contributed by atoms with Crippen LogP contribution in [0.5, 0.6) is 11.5 Å². The second kappa shape index (κ2) is 9.30. The highest BCUT2D eigenvalue weighted by molar-refractivity contribution is 6.31. The monoisotopic (exact) mass is 412 g/mol. The average Bonchev–Trinajstić information content (AvgIpc) is 3.18. The van der Waals surface area contributed by atoms with Crippen molar-refractivity contribution in [2.24, 2.45) is 5.10 Å². The first-order valence-corrected chi connectivity index (χ1v) is 9.27. The van der Waals surface area contributed by atoms with Gasteiger partial charge in [-0.15, -0.1) is 0 Å². The number of aryl methyl sites for hydroxylation is 1. The van der Waals surface area contributed by atoms with E-state index in [2.05, 4.69) is 10.5 Å². The molecule has 150 valence electrons. The molecule has 0 atom stereocenters. The molecular formula is C22H21ClN2O4. The number of benzene rings is 2. The molecule has 3 rings (SSSR count). The van der Waals surface area contributed by atoms with Crippen molar-refractivity contribution < 1.29 is 18.7 Å². The Hall–Kier alpha value is -3.25. The lowest BCUT2D eigenvalue weighted by molar-refractivity contribution is -0.120. The summed E-state index contributed by atoms with van der Waals surface area (Å²) in [7, 11) is 3.11. The Bertz CT molecular complexity index is 1040. The van der Waals surface area contributed by atoms with Crippen molar-refractivity contribution in [1.82, 2.24) is 5.43 Å². The Morgan fingerprint density at radius 3 is 2.62 bits per heavy atom. The summed E-state index contributed by atoms with van der Waals surface area (Å²) in [6, 6.07) is 14.6. The fourth-order valence-electron chi connectivity index (χ4n) is 2.71. The summed E-state index contributed by atoms with van der Waals surface area (Å²) in [5.41, 5.74) is 5.15. The third-order valence-electron chi connectivity index (χ3n) is 4.28. The summed E-state index contributed by atoms with van der Waals surface area (Å²) in [6.45, 7) is 1.94. The summed E-state index contributed by atoms with van der Waals surface area (Å²) >= 11 is 6.16. The van der Waals surface area contributed by atoms with Crippen LogP contribution in [0.25, 0.3) is 11.3 Å². The minimum Gasteiger partial charge on any atom is -0.493 e. The molecule has 6 nitrogen and oxygen atoms in total. The molecule has 1 aromatic heterocycles. The molecule has 2 aromatic carbocycles. The van der Waals surface area contributed by atoms with Crippen LogP contribution in [0.4, 0.5) is 0 Å². The molecule has 0 fully saturated rings. The second-order valence-electron chi connectivity index (χ2n) is 6.33. The summed E-state index contributed by atoms with van der Waals surface area (Å²) in [5, 5.41) is 4.63. The highest BCUT2D eigenvalue weighted by Gasteiger charge is 2.08. The molecule has 0 unspecified atom stereocenters. The van der Waals surface area contributed by atoms with Crippen LogP contribution in [0.1, 0.15) is 16.9 Å². The minimum absolute atomic E-state index is 0.156. The number of hydrazone groups is 1. The van der Waals surface area contributed by atoms with E-state index in [4.69, 9.17) is 25.5 Å². The van der Waals surface area contributed by atoms with Gasteiger partial charge in [0.2, 0.25) is 5.91 Å². The first kappa shape index (κ1) is 20.5. The maximum absolute atomic E-state index is 12.1. The first-order chi connectivity index (χ1) is 14.0. The molecular weight excluding hydrogens is 392 g/mol. The first-order valence-electron chi connectivity index (χ1n) is 8.89. The van der Waals surface area contributed by atoms with Gasteiger partial charge in [-0.05, 0) is 48.4 Å². The van der Waals surface area contributed by atoms with Crippen LogP contribution in [-0.2, 0) is 11.2 Å². The smallest absolute Gasteiger partial charge is 0.244 e. The Kier molecular flexibility index (Phi) is 6.57. The van der Waals surface area contributed by atoms with E-state index in [-0.39, 0.29) is 12.3 Å².